The number of pyridine rings is 1. The number of anilines is 1. The Bertz CT molecular complexity index is 846. The fourth-order valence-electron chi connectivity index (χ4n) is 3.33. The summed E-state index contributed by atoms with van der Waals surface area (Å²) in [4.78, 5) is 11.6. The highest BCUT2D eigenvalue weighted by molar-refractivity contribution is 14.0. The number of benzene rings is 1. The van der Waals surface area contributed by atoms with Crippen LogP contribution in [-0.2, 0) is 11.3 Å². The first kappa shape index (κ1) is 26.0. The van der Waals surface area contributed by atoms with E-state index in [0.29, 0.717) is 13.1 Å². The highest BCUT2D eigenvalue weighted by Gasteiger charge is 2.16. The van der Waals surface area contributed by atoms with Gasteiger partial charge in [-0.05, 0) is 32.0 Å². The average Bonchev–Trinajstić information content (AvgIpc) is 2.82. The highest BCUT2D eigenvalue weighted by atomic mass is 127. The number of nitrogens with one attached hydrogen (secondary N) is 2. The van der Waals surface area contributed by atoms with Crippen molar-refractivity contribution in [2.24, 2.45) is 4.99 Å². The second kappa shape index (κ2) is 14.0. The van der Waals surface area contributed by atoms with Crippen LogP contribution in [0.4, 0.5) is 5.82 Å². The Balaban J connectivity index is 0.00000363. The minimum absolute atomic E-state index is 0. The average molecular weight is 555 g/mol. The van der Waals surface area contributed by atoms with E-state index in [1.807, 2.05) is 43.5 Å². The molecule has 1 aliphatic heterocycles. The van der Waals surface area contributed by atoms with Gasteiger partial charge in [0.15, 0.2) is 17.5 Å². The maximum atomic E-state index is 6.03. The predicted molar refractivity (Wildman–Crippen MR) is 139 cm³/mol. The van der Waals surface area contributed by atoms with Gasteiger partial charge in [-0.1, -0.05) is 18.2 Å². The van der Waals surface area contributed by atoms with Crippen molar-refractivity contribution in [3.8, 4) is 11.5 Å². The van der Waals surface area contributed by atoms with Gasteiger partial charge in [0.25, 0.3) is 0 Å². The molecule has 0 amide bonds. The van der Waals surface area contributed by atoms with Crippen LogP contribution in [0.25, 0.3) is 0 Å². The minimum Gasteiger partial charge on any atom is -0.493 e. The van der Waals surface area contributed by atoms with Crippen LogP contribution < -0.4 is 25.0 Å². The molecule has 2 heterocycles. The van der Waals surface area contributed by atoms with E-state index in [2.05, 4.69) is 33.5 Å². The third-order valence-corrected chi connectivity index (χ3v) is 4.88. The third-order valence-electron chi connectivity index (χ3n) is 4.88. The van der Waals surface area contributed by atoms with Gasteiger partial charge in [-0.25, -0.2) is 9.98 Å². The summed E-state index contributed by atoms with van der Waals surface area (Å²) in [5, 5.41) is 6.66. The van der Waals surface area contributed by atoms with Crippen molar-refractivity contribution in [1.29, 1.82) is 0 Å². The third kappa shape index (κ3) is 7.70. The molecule has 9 heteroatoms. The molecule has 1 fully saturated rings. The first-order valence-corrected chi connectivity index (χ1v) is 10.8. The van der Waals surface area contributed by atoms with E-state index in [-0.39, 0.29) is 30.1 Å². The summed E-state index contributed by atoms with van der Waals surface area (Å²) in [6.07, 6.45) is 1.76. The van der Waals surface area contributed by atoms with E-state index in [0.717, 1.165) is 61.7 Å². The fourth-order valence-corrected chi connectivity index (χ4v) is 3.33. The second-order valence-electron chi connectivity index (χ2n) is 7.24. The molecule has 2 aromatic rings. The fraction of sp³-hybridized carbons (Fsp3) is 0.478. The van der Waals surface area contributed by atoms with Crippen molar-refractivity contribution in [1.82, 2.24) is 15.6 Å². The van der Waals surface area contributed by atoms with E-state index in [1.54, 1.807) is 7.11 Å². The van der Waals surface area contributed by atoms with Gasteiger partial charge < -0.3 is 29.7 Å². The predicted octanol–water partition coefficient (Wildman–Crippen LogP) is 3.07. The SMILES string of the molecule is CCNC(=NCc1cccnc1N1CCOCC1)NCC(C)Oc1ccccc1OC.I. The zero-order valence-corrected chi connectivity index (χ0v) is 21.4. The van der Waals surface area contributed by atoms with Gasteiger partial charge in [-0.15, -0.1) is 24.0 Å². The number of hydrogen-bond donors (Lipinski definition) is 2. The van der Waals surface area contributed by atoms with Crippen LogP contribution in [-0.4, -0.2) is 63.6 Å². The summed E-state index contributed by atoms with van der Waals surface area (Å²) in [5.41, 5.74) is 1.10. The maximum Gasteiger partial charge on any atom is 0.191 e. The second-order valence-corrected chi connectivity index (χ2v) is 7.24. The Morgan fingerprint density at radius 1 is 1.16 bits per heavy atom. The summed E-state index contributed by atoms with van der Waals surface area (Å²) < 4.78 is 16.9. The van der Waals surface area contributed by atoms with E-state index in [4.69, 9.17) is 19.2 Å². The summed E-state index contributed by atoms with van der Waals surface area (Å²) in [6, 6.07) is 11.7. The first-order valence-electron chi connectivity index (χ1n) is 10.8. The molecule has 1 unspecified atom stereocenters. The molecule has 3 rings (SSSR count). The monoisotopic (exact) mass is 555 g/mol. The van der Waals surface area contributed by atoms with E-state index in [9.17, 15) is 0 Å². The van der Waals surface area contributed by atoms with E-state index < -0.39 is 0 Å². The molecule has 1 aromatic heterocycles. The molecule has 0 spiro atoms. The quantitative estimate of drug-likeness (QED) is 0.280. The number of hydrogen-bond acceptors (Lipinski definition) is 6. The molecule has 8 nitrogen and oxygen atoms in total. The lowest BCUT2D eigenvalue weighted by Crippen LogP contribution is -2.42. The number of ether oxygens (including phenoxy) is 3. The number of rotatable bonds is 9. The van der Waals surface area contributed by atoms with Crippen molar-refractivity contribution in [3.05, 3.63) is 48.2 Å². The Morgan fingerprint density at radius 3 is 2.62 bits per heavy atom. The molecule has 0 radical (unpaired) electrons. The lowest BCUT2D eigenvalue weighted by atomic mass is 10.2. The maximum absolute atomic E-state index is 6.03. The van der Waals surface area contributed by atoms with Crippen LogP contribution in [0.3, 0.4) is 0 Å². The van der Waals surface area contributed by atoms with Crippen LogP contribution >= 0.6 is 24.0 Å². The number of methoxy groups -OCH3 is 1. The van der Waals surface area contributed by atoms with Crippen molar-refractivity contribution in [3.63, 3.8) is 0 Å². The highest BCUT2D eigenvalue weighted by Crippen LogP contribution is 2.26. The number of aliphatic imine (C=N–C) groups is 1. The van der Waals surface area contributed by atoms with Gasteiger partial charge >= 0.3 is 0 Å². The number of halogens is 1. The van der Waals surface area contributed by atoms with Crippen LogP contribution in [0.2, 0.25) is 0 Å². The zero-order chi connectivity index (χ0) is 21.9. The number of morpholine rings is 1. The number of aromatic nitrogens is 1. The van der Waals surface area contributed by atoms with E-state index >= 15 is 0 Å². The molecule has 2 N–H and O–H groups in total. The Morgan fingerprint density at radius 2 is 1.91 bits per heavy atom. The molecular formula is C23H34IN5O3. The molecule has 0 bridgehead atoms. The normalized spacial score (nSPS) is 14.8. The van der Waals surface area contributed by atoms with Crippen molar-refractivity contribution in [2.75, 3.05) is 51.4 Å². The Labute approximate surface area is 207 Å². The first-order chi connectivity index (χ1) is 15.2. The van der Waals surface area contributed by atoms with Gasteiger partial charge in [0.05, 0.1) is 33.4 Å². The molecule has 1 atom stereocenters. The van der Waals surface area contributed by atoms with E-state index in [1.165, 1.54) is 0 Å². The molecule has 176 valence electrons. The van der Waals surface area contributed by atoms with Crippen molar-refractivity contribution >= 4 is 35.8 Å². The number of para-hydroxylation sites is 2. The Kier molecular flexibility index (Phi) is 11.4. The van der Waals surface area contributed by atoms with Crippen molar-refractivity contribution < 1.29 is 14.2 Å². The molecular weight excluding hydrogens is 521 g/mol. The number of guanidine groups is 1. The minimum atomic E-state index is -0.0672. The number of nitrogens with zero attached hydrogens (tertiary/aromatic N) is 3. The summed E-state index contributed by atoms with van der Waals surface area (Å²) in [5.74, 6) is 3.18. The lowest BCUT2D eigenvalue weighted by molar-refractivity contribution is 0.122. The molecule has 32 heavy (non-hydrogen) atoms. The van der Waals surface area contributed by atoms with Crippen LogP contribution in [0, 0.1) is 0 Å². The summed E-state index contributed by atoms with van der Waals surface area (Å²) in [7, 11) is 1.64. The Hall–Kier alpha value is -2.27. The largest absolute Gasteiger partial charge is 0.493 e. The zero-order valence-electron chi connectivity index (χ0n) is 19.0. The van der Waals surface area contributed by atoms with Gasteiger partial charge in [0, 0.05) is 31.4 Å². The van der Waals surface area contributed by atoms with Gasteiger partial charge in [-0.2, -0.15) is 0 Å². The lowest BCUT2D eigenvalue weighted by Gasteiger charge is -2.29. The summed E-state index contributed by atoms with van der Waals surface area (Å²) in [6.45, 7) is 9.15. The molecule has 1 saturated heterocycles. The molecule has 0 saturated carbocycles. The van der Waals surface area contributed by atoms with Crippen LogP contribution in [0.5, 0.6) is 11.5 Å². The van der Waals surface area contributed by atoms with Gasteiger partial charge in [0.1, 0.15) is 11.9 Å². The molecule has 1 aromatic carbocycles. The molecule has 1 aliphatic rings. The summed E-state index contributed by atoms with van der Waals surface area (Å²) >= 11 is 0. The van der Waals surface area contributed by atoms with Crippen LogP contribution in [0.15, 0.2) is 47.6 Å². The van der Waals surface area contributed by atoms with Crippen LogP contribution in [0.1, 0.15) is 19.4 Å². The van der Waals surface area contributed by atoms with Gasteiger partial charge in [-0.3, -0.25) is 0 Å². The topological polar surface area (TPSA) is 80.2 Å². The molecule has 0 aliphatic carbocycles. The van der Waals surface area contributed by atoms with Crippen molar-refractivity contribution in [2.45, 2.75) is 26.5 Å². The smallest absolute Gasteiger partial charge is 0.191 e. The van der Waals surface area contributed by atoms with Gasteiger partial charge in [0.2, 0.25) is 0 Å². The standard InChI is InChI=1S/C23H33N5O3.HI/c1-4-24-23(26-16-18(2)31-21-10-6-5-9-20(21)29-3)27-17-19-8-7-11-25-22(19)28-12-14-30-15-13-28;/h5-11,18H,4,12-17H2,1-3H3,(H2,24,26,27);1H.